The number of rotatable bonds is 4. The number of nitrogens with one attached hydrogen (secondary N) is 1. The average Bonchev–Trinajstić information content (AvgIpc) is 2.94. The van der Waals surface area contributed by atoms with Crippen molar-refractivity contribution in [3.8, 4) is 0 Å². The van der Waals surface area contributed by atoms with E-state index in [1.807, 2.05) is 11.6 Å². The number of aryl methyl sites for hydroxylation is 1. The standard InChI is InChI=1S/C26H37N5O/c1-25(2,3)16-27-19-14-18-10-8-9-11-20(18)30(15-19)22-13-12-21-23(28-22)29(7)24(32)31(21)17-26(4,5)6/h8-13,19,27H,14-17H2,1-7H3. The van der Waals surface area contributed by atoms with Gasteiger partial charge in [0.2, 0.25) is 0 Å². The molecule has 0 aliphatic carbocycles. The number of pyridine rings is 1. The van der Waals surface area contributed by atoms with Crippen molar-refractivity contribution >= 4 is 22.7 Å². The Balaban J connectivity index is 1.73. The molecule has 0 bridgehead atoms. The number of hydrogen-bond donors (Lipinski definition) is 1. The van der Waals surface area contributed by atoms with E-state index in [9.17, 15) is 4.79 Å². The van der Waals surface area contributed by atoms with Gasteiger partial charge in [-0.3, -0.25) is 9.13 Å². The van der Waals surface area contributed by atoms with Crippen LogP contribution in [0.4, 0.5) is 11.5 Å². The van der Waals surface area contributed by atoms with E-state index in [0.717, 1.165) is 36.5 Å². The van der Waals surface area contributed by atoms with E-state index in [0.29, 0.717) is 12.6 Å². The predicted octanol–water partition coefficient (Wildman–Crippen LogP) is 4.48. The first-order chi connectivity index (χ1) is 14.9. The molecule has 0 saturated heterocycles. The Bertz CT molecular complexity index is 1180. The maximum atomic E-state index is 12.9. The molecule has 1 aliphatic heterocycles. The van der Waals surface area contributed by atoms with Crippen molar-refractivity contribution in [2.75, 3.05) is 18.0 Å². The zero-order chi connectivity index (χ0) is 23.3. The van der Waals surface area contributed by atoms with Crippen LogP contribution < -0.4 is 15.9 Å². The summed E-state index contributed by atoms with van der Waals surface area (Å²) in [4.78, 5) is 20.2. The van der Waals surface area contributed by atoms with Gasteiger partial charge in [0.25, 0.3) is 0 Å². The molecule has 1 unspecified atom stereocenters. The Morgan fingerprint density at radius 1 is 1.03 bits per heavy atom. The number of nitrogens with zero attached hydrogens (tertiary/aromatic N) is 4. The number of fused-ring (bicyclic) bond motifs is 2. The SMILES string of the molecule is Cn1c(=O)n(CC(C)(C)C)c2ccc(N3CC(NCC(C)(C)C)Cc4ccccc43)nc21. The van der Waals surface area contributed by atoms with Gasteiger partial charge in [0.05, 0.1) is 5.52 Å². The summed E-state index contributed by atoms with van der Waals surface area (Å²) in [6.07, 6.45) is 1.01. The predicted molar refractivity (Wildman–Crippen MR) is 133 cm³/mol. The molecule has 172 valence electrons. The smallest absolute Gasteiger partial charge is 0.324 e. The summed E-state index contributed by atoms with van der Waals surface area (Å²) in [7, 11) is 1.82. The van der Waals surface area contributed by atoms with Crippen LogP contribution in [0, 0.1) is 10.8 Å². The first kappa shape index (κ1) is 22.6. The van der Waals surface area contributed by atoms with E-state index in [1.54, 1.807) is 4.57 Å². The van der Waals surface area contributed by atoms with E-state index < -0.39 is 0 Å². The zero-order valence-corrected chi connectivity index (χ0v) is 20.6. The summed E-state index contributed by atoms with van der Waals surface area (Å²) in [5.74, 6) is 0.885. The van der Waals surface area contributed by atoms with Crippen LogP contribution in [0.2, 0.25) is 0 Å². The van der Waals surface area contributed by atoms with Crippen molar-refractivity contribution in [2.24, 2.45) is 17.9 Å². The lowest BCUT2D eigenvalue weighted by Gasteiger charge is -2.37. The second-order valence-corrected chi connectivity index (χ2v) is 11.6. The number of anilines is 2. The molecule has 0 spiro atoms. The van der Waals surface area contributed by atoms with Gasteiger partial charge in [-0.2, -0.15) is 0 Å². The van der Waals surface area contributed by atoms with Gasteiger partial charge in [-0.1, -0.05) is 59.7 Å². The lowest BCUT2D eigenvalue weighted by atomic mass is 9.94. The molecule has 32 heavy (non-hydrogen) atoms. The maximum absolute atomic E-state index is 12.9. The van der Waals surface area contributed by atoms with Crippen LogP contribution >= 0.6 is 0 Å². The van der Waals surface area contributed by atoms with E-state index in [2.05, 4.69) is 88.2 Å². The summed E-state index contributed by atoms with van der Waals surface area (Å²) >= 11 is 0. The average molecular weight is 436 g/mol. The van der Waals surface area contributed by atoms with Crippen LogP contribution in [0.25, 0.3) is 11.2 Å². The van der Waals surface area contributed by atoms with Crippen molar-refractivity contribution in [1.82, 2.24) is 19.4 Å². The van der Waals surface area contributed by atoms with E-state index in [-0.39, 0.29) is 16.5 Å². The van der Waals surface area contributed by atoms with Gasteiger partial charge in [-0.15, -0.1) is 0 Å². The van der Waals surface area contributed by atoms with Crippen LogP contribution in [0.15, 0.2) is 41.2 Å². The first-order valence-electron chi connectivity index (χ1n) is 11.6. The molecule has 0 saturated carbocycles. The summed E-state index contributed by atoms with van der Waals surface area (Å²) in [6.45, 7) is 15.7. The van der Waals surface area contributed by atoms with E-state index in [1.165, 1.54) is 11.3 Å². The van der Waals surface area contributed by atoms with Crippen molar-refractivity contribution in [2.45, 2.75) is 60.5 Å². The highest BCUT2D eigenvalue weighted by Gasteiger charge is 2.27. The summed E-state index contributed by atoms with van der Waals surface area (Å²) in [5, 5.41) is 3.76. The molecule has 2 aromatic heterocycles. The van der Waals surface area contributed by atoms with Gasteiger partial charge >= 0.3 is 5.69 Å². The third-order valence-electron chi connectivity index (χ3n) is 5.95. The lowest BCUT2D eigenvalue weighted by molar-refractivity contribution is 0.342. The molecular weight excluding hydrogens is 398 g/mol. The number of benzene rings is 1. The van der Waals surface area contributed by atoms with E-state index >= 15 is 0 Å². The molecule has 3 aromatic rings. The Morgan fingerprint density at radius 3 is 2.44 bits per heavy atom. The third-order valence-corrected chi connectivity index (χ3v) is 5.95. The molecule has 1 aromatic carbocycles. The van der Waals surface area contributed by atoms with Gasteiger partial charge in [-0.25, -0.2) is 9.78 Å². The third kappa shape index (κ3) is 4.60. The Kier molecular flexibility index (Phi) is 5.70. The van der Waals surface area contributed by atoms with Crippen LogP contribution in [0.3, 0.4) is 0 Å². The molecule has 6 heteroatoms. The molecule has 0 fully saturated rings. The molecule has 1 aliphatic rings. The highest BCUT2D eigenvalue weighted by molar-refractivity contribution is 5.76. The topological polar surface area (TPSA) is 55.1 Å². The quantitative estimate of drug-likeness (QED) is 0.657. The van der Waals surface area contributed by atoms with Gasteiger partial charge in [-0.05, 0) is 41.0 Å². The summed E-state index contributed by atoms with van der Waals surface area (Å²) in [5.41, 5.74) is 4.38. The zero-order valence-electron chi connectivity index (χ0n) is 20.6. The molecular formula is C26H37N5O. The number of aromatic nitrogens is 3. The Hall–Kier alpha value is -2.60. The van der Waals surface area contributed by atoms with Crippen molar-refractivity contribution in [3.05, 3.63) is 52.4 Å². The first-order valence-corrected chi connectivity index (χ1v) is 11.6. The fraction of sp³-hybridized carbons (Fsp3) is 0.538. The second kappa shape index (κ2) is 8.07. The van der Waals surface area contributed by atoms with Crippen LogP contribution in [-0.4, -0.2) is 33.2 Å². The van der Waals surface area contributed by atoms with Crippen LogP contribution in [0.1, 0.15) is 47.1 Å². The fourth-order valence-corrected chi connectivity index (χ4v) is 4.44. The lowest BCUT2D eigenvalue weighted by Crippen LogP contribution is -2.47. The number of imidazole rings is 1. The van der Waals surface area contributed by atoms with Crippen LogP contribution in [-0.2, 0) is 20.0 Å². The number of para-hydroxylation sites is 1. The summed E-state index contributed by atoms with van der Waals surface area (Å²) in [6, 6.07) is 13.0. The molecule has 1 N–H and O–H groups in total. The fourth-order valence-electron chi connectivity index (χ4n) is 4.44. The normalized spacial score (nSPS) is 17.1. The highest BCUT2D eigenvalue weighted by Crippen LogP contribution is 2.33. The van der Waals surface area contributed by atoms with Gasteiger partial charge in [0.1, 0.15) is 5.82 Å². The minimum Gasteiger partial charge on any atom is -0.324 e. The molecule has 0 amide bonds. The Morgan fingerprint density at radius 2 is 1.75 bits per heavy atom. The second-order valence-electron chi connectivity index (χ2n) is 11.6. The van der Waals surface area contributed by atoms with Crippen molar-refractivity contribution in [1.29, 1.82) is 0 Å². The van der Waals surface area contributed by atoms with Crippen molar-refractivity contribution < 1.29 is 0 Å². The summed E-state index contributed by atoms with van der Waals surface area (Å²) < 4.78 is 3.53. The molecule has 1 atom stereocenters. The minimum atomic E-state index is -0.0108. The van der Waals surface area contributed by atoms with Crippen LogP contribution in [0.5, 0.6) is 0 Å². The van der Waals surface area contributed by atoms with Crippen molar-refractivity contribution in [3.63, 3.8) is 0 Å². The molecule has 6 nitrogen and oxygen atoms in total. The Labute approximate surface area is 191 Å². The number of hydrogen-bond acceptors (Lipinski definition) is 4. The van der Waals surface area contributed by atoms with Gasteiger partial charge in [0.15, 0.2) is 5.65 Å². The van der Waals surface area contributed by atoms with Gasteiger partial charge in [0, 0.05) is 38.4 Å². The van der Waals surface area contributed by atoms with Gasteiger partial charge < -0.3 is 10.2 Å². The molecule has 3 heterocycles. The maximum Gasteiger partial charge on any atom is 0.330 e. The molecule has 0 radical (unpaired) electrons. The minimum absolute atomic E-state index is 0.00847. The monoisotopic (exact) mass is 435 g/mol. The van der Waals surface area contributed by atoms with E-state index in [4.69, 9.17) is 4.98 Å². The highest BCUT2D eigenvalue weighted by atomic mass is 16.1. The largest absolute Gasteiger partial charge is 0.330 e. The molecule has 4 rings (SSSR count).